The second-order valence-corrected chi connectivity index (χ2v) is 16.0. The summed E-state index contributed by atoms with van der Waals surface area (Å²) in [5.74, 6) is 0. The van der Waals surface area contributed by atoms with E-state index in [-0.39, 0.29) is 7.43 Å². The predicted molar refractivity (Wildman–Crippen MR) is 275 cm³/mol. The molecule has 0 atom stereocenters. The fraction of sp³-hybridized carbons (Fsp3) is 0.0159. The second-order valence-electron chi connectivity index (χ2n) is 16.0. The van der Waals surface area contributed by atoms with Gasteiger partial charge in [-0.2, -0.15) is 0 Å². The van der Waals surface area contributed by atoms with E-state index in [4.69, 9.17) is 0 Å². The van der Waals surface area contributed by atoms with Crippen molar-refractivity contribution in [1.29, 1.82) is 0 Å². The van der Waals surface area contributed by atoms with Gasteiger partial charge in [-0.25, -0.2) is 0 Å². The summed E-state index contributed by atoms with van der Waals surface area (Å²) < 4.78 is 0. The zero-order valence-corrected chi connectivity index (χ0v) is 34.8. The van der Waals surface area contributed by atoms with Crippen molar-refractivity contribution >= 4 is 38.6 Å². The van der Waals surface area contributed by atoms with Crippen LogP contribution in [0.25, 0.3) is 88.3 Å². The van der Waals surface area contributed by atoms with Crippen LogP contribution in [0.3, 0.4) is 0 Å². The molecule has 0 unspecified atom stereocenters. The highest BCUT2D eigenvalue weighted by molar-refractivity contribution is 6.19. The van der Waals surface area contributed by atoms with Crippen molar-refractivity contribution in [2.75, 3.05) is 4.90 Å². The normalized spacial score (nSPS) is 11.0. The van der Waals surface area contributed by atoms with E-state index in [0.717, 1.165) is 22.6 Å². The van der Waals surface area contributed by atoms with Crippen LogP contribution in [-0.2, 0) is 0 Å². The molecule has 0 aliphatic heterocycles. The first-order chi connectivity index (χ1) is 31.3. The van der Waals surface area contributed by atoms with Crippen LogP contribution in [-0.4, -0.2) is 0 Å². The van der Waals surface area contributed by atoms with Crippen LogP contribution < -0.4 is 4.90 Å². The Labute approximate surface area is 376 Å². The molecule has 64 heavy (non-hydrogen) atoms. The number of rotatable bonds is 9. The molecule has 0 heterocycles. The van der Waals surface area contributed by atoms with Crippen LogP contribution in [0, 0.1) is 0 Å². The lowest BCUT2D eigenvalue weighted by Gasteiger charge is -2.26. The molecule has 0 aliphatic carbocycles. The maximum atomic E-state index is 2.42. The summed E-state index contributed by atoms with van der Waals surface area (Å²) in [4.78, 5) is 2.34. The molecule has 0 N–H and O–H groups in total. The second kappa shape index (κ2) is 17.6. The average molecular weight is 818 g/mol. The first kappa shape index (κ1) is 39.9. The molecule has 0 radical (unpaired) electrons. The quantitative estimate of drug-likeness (QED) is 0.140. The topological polar surface area (TPSA) is 3.24 Å². The fourth-order valence-corrected chi connectivity index (χ4v) is 9.36. The fourth-order valence-electron chi connectivity index (χ4n) is 9.36. The van der Waals surface area contributed by atoms with Crippen LogP contribution >= 0.6 is 0 Å². The van der Waals surface area contributed by atoms with Gasteiger partial charge in [0.25, 0.3) is 0 Å². The Kier molecular flexibility index (Phi) is 11.0. The summed E-state index contributed by atoms with van der Waals surface area (Å²) in [5, 5.41) is 4.95. The van der Waals surface area contributed by atoms with Gasteiger partial charge in [0.15, 0.2) is 0 Å². The van der Waals surface area contributed by atoms with Crippen LogP contribution in [0.4, 0.5) is 17.1 Å². The van der Waals surface area contributed by atoms with Gasteiger partial charge in [-0.1, -0.05) is 226 Å². The highest BCUT2D eigenvalue weighted by Gasteiger charge is 2.24. The molecule has 304 valence electrons. The molecule has 11 aromatic carbocycles. The SMILES string of the molecule is C.c1ccc(-c2c(-c3ccccc3)c(-c3ccccc3)c3cc(-c4ccc(N(c5ccccc5)c5ccc(-c6cccc7ccccc67)cc5)cc4)ccc3c2-c2ccccc2)cc1. The summed E-state index contributed by atoms with van der Waals surface area (Å²) in [6.45, 7) is 0. The van der Waals surface area contributed by atoms with Crippen LogP contribution in [0.15, 0.2) is 261 Å². The van der Waals surface area contributed by atoms with Gasteiger partial charge in [0.05, 0.1) is 0 Å². The van der Waals surface area contributed by atoms with Crippen molar-refractivity contribution in [3.05, 3.63) is 261 Å². The molecule has 0 saturated carbocycles. The molecule has 0 aromatic heterocycles. The number of hydrogen-bond acceptors (Lipinski definition) is 1. The van der Waals surface area contributed by atoms with Gasteiger partial charge in [-0.3, -0.25) is 0 Å². The van der Waals surface area contributed by atoms with Crippen LogP contribution in [0.1, 0.15) is 7.43 Å². The van der Waals surface area contributed by atoms with Gasteiger partial charge in [0, 0.05) is 17.1 Å². The minimum Gasteiger partial charge on any atom is -0.311 e. The highest BCUT2D eigenvalue weighted by Crippen LogP contribution is 2.51. The molecule has 0 aliphatic rings. The Bertz CT molecular complexity index is 3320. The van der Waals surface area contributed by atoms with Crippen molar-refractivity contribution in [3.63, 3.8) is 0 Å². The van der Waals surface area contributed by atoms with E-state index in [0.29, 0.717) is 0 Å². The summed E-state index contributed by atoms with van der Waals surface area (Å²) >= 11 is 0. The standard InChI is InChI=1S/C62H43N.CH4/c1-6-20-47(21-7-1)59-57-42-37-51(43-58(57)60(48-22-8-2-9-23-48)62(50-26-12-4-13-27-50)61(59)49-24-10-3-11-25-49)44-33-38-53(39-34-44)63(52-29-14-5-15-30-52)54-40-35-46(36-41-54)56-32-18-28-45-19-16-17-31-55(45)56;/h1-43H;1H4. The van der Waals surface area contributed by atoms with Gasteiger partial charge in [0.2, 0.25) is 0 Å². The number of fused-ring (bicyclic) bond motifs is 2. The Balaban J connectivity index is 0.00000484. The summed E-state index contributed by atoms with van der Waals surface area (Å²) in [6, 6.07) is 94.6. The molecule has 11 rings (SSSR count). The van der Waals surface area contributed by atoms with Crippen LogP contribution in [0.2, 0.25) is 0 Å². The number of nitrogens with zero attached hydrogens (tertiary/aromatic N) is 1. The molecule has 1 heteroatoms. The third-order valence-electron chi connectivity index (χ3n) is 12.3. The van der Waals surface area contributed by atoms with Crippen molar-refractivity contribution in [3.8, 4) is 66.8 Å². The monoisotopic (exact) mass is 817 g/mol. The van der Waals surface area contributed by atoms with Crippen molar-refractivity contribution in [2.24, 2.45) is 0 Å². The van der Waals surface area contributed by atoms with E-state index >= 15 is 0 Å². The van der Waals surface area contributed by atoms with Crippen LogP contribution in [0.5, 0.6) is 0 Å². The molecule has 11 aromatic rings. The largest absolute Gasteiger partial charge is 0.311 e. The maximum Gasteiger partial charge on any atom is 0.0462 e. The highest BCUT2D eigenvalue weighted by atomic mass is 15.1. The van der Waals surface area contributed by atoms with E-state index in [9.17, 15) is 0 Å². The number of para-hydroxylation sites is 1. The lowest BCUT2D eigenvalue weighted by molar-refractivity contribution is 1.28. The molecular weight excluding hydrogens is 771 g/mol. The minimum absolute atomic E-state index is 0. The third kappa shape index (κ3) is 7.44. The van der Waals surface area contributed by atoms with Gasteiger partial charge in [-0.05, 0) is 131 Å². The molecule has 0 bridgehead atoms. The summed E-state index contributed by atoms with van der Waals surface area (Å²) in [6.07, 6.45) is 0. The number of anilines is 3. The number of hydrogen-bond donors (Lipinski definition) is 0. The van der Waals surface area contributed by atoms with E-state index in [1.165, 1.54) is 82.7 Å². The zero-order chi connectivity index (χ0) is 42.0. The Hall–Kier alpha value is -8.26. The summed E-state index contributed by atoms with van der Waals surface area (Å²) in [5.41, 5.74) is 17.8. The third-order valence-corrected chi connectivity index (χ3v) is 12.3. The minimum atomic E-state index is 0. The molecule has 1 nitrogen and oxygen atoms in total. The number of benzene rings is 11. The van der Waals surface area contributed by atoms with Gasteiger partial charge < -0.3 is 4.90 Å². The van der Waals surface area contributed by atoms with Gasteiger partial charge in [0.1, 0.15) is 0 Å². The van der Waals surface area contributed by atoms with E-state index < -0.39 is 0 Å². The van der Waals surface area contributed by atoms with Crippen molar-refractivity contribution < 1.29 is 0 Å². The zero-order valence-electron chi connectivity index (χ0n) is 34.8. The molecule has 0 spiro atoms. The lowest BCUT2D eigenvalue weighted by atomic mass is 9.78. The van der Waals surface area contributed by atoms with Gasteiger partial charge in [-0.15, -0.1) is 0 Å². The smallest absolute Gasteiger partial charge is 0.0462 e. The Morgan fingerprint density at radius 3 is 1.14 bits per heavy atom. The Morgan fingerprint density at radius 1 is 0.219 bits per heavy atom. The summed E-state index contributed by atoms with van der Waals surface area (Å²) in [7, 11) is 0. The van der Waals surface area contributed by atoms with Gasteiger partial charge >= 0.3 is 0 Å². The van der Waals surface area contributed by atoms with Crippen molar-refractivity contribution in [1.82, 2.24) is 0 Å². The Morgan fingerprint density at radius 2 is 0.609 bits per heavy atom. The van der Waals surface area contributed by atoms with E-state index in [1.54, 1.807) is 0 Å². The molecule has 0 amide bonds. The average Bonchev–Trinajstić information content (AvgIpc) is 3.37. The first-order valence-electron chi connectivity index (χ1n) is 21.7. The molecular formula is C63H47N. The first-order valence-corrected chi connectivity index (χ1v) is 21.7. The van der Waals surface area contributed by atoms with Crippen molar-refractivity contribution in [2.45, 2.75) is 7.43 Å². The van der Waals surface area contributed by atoms with E-state index in [2.05, 4.69) is 266 Å². The lowest BCUT2D eigenvalue weighted by Crippen LogP contribution is -2.09. The predicted octanol–water partition coefficient (Wildman–Crippen LogP) is 18.1. The molecule has 0 saturated heterocycles. The maximum absolute atomic E-state index is 2.42. The van der Waals surface area contributed by atoms with E-state index in [1.807, 2.05) is 0 Å². The molecule has 0 fully saturated rings.